The highest BCUT2D eigenvalue weighted by Crippen LogP contribution is 2.39. The lowest BCUT2D eigenvalue weighted by atomic mass is 9.73. The number of aliphatic hydroxyl groups is 3. The van der Waals surface area contributed by atoms with Crippen molar-refractivity contribution in [1.82, 2.24) is 9.88 Å². The minimum absolute atomic E-state index is 0.0559. The van der Waals surface area contributed by atoms with Gasteiger partial charge in [-0.2, -0.15) is 0 Å². The molecule has 3 heterocycles. The van der Waals surface area contributed by atoms with Crippen molar-refractivity contribution in [3.8, 4) is 0 Å². The zero-order valence-electron chi connectivity index (χ0n) is 23.0. The van der Waals surface area contributed by atoms with Crippen LogP contribution in [0.25, 0.3) is 6.08 Å². The summed E-state index contributed by atoms with van der Waals surface area (Å²) in [4.78, 5) is 33.1. The molecule has 37 heavy (non-hydrogen) atoms. The number of β-amino-alcohol motifs (C(OH)–C–C–N with tert-alkyl or cyclic N) is 1. The van der Waals surface area contributed by atoms with E-state index in [1.54, 1.807) is 32.1 Å². The van der Waals surface area contributed by atoms with Crippen LogP contribution in [-0.4, -0.2) is 80.5 Å². The molecule has 3 unspecified atom stereocenters. The highest BCUT2D eigenvalue weighted by Gasteiger charge is 2.48. The Hall–Kier alpha value is -1.65. The van der Waals surface area contributed by atoms with E-state index in [0.29, 0.717) is 13.0 Å². The fraction of sp³-hybridized carbons (Fsp3) is 0.750. The van der Waals surface area contributed by atoms with Gasteiger partial charge in [0.15, 0.2) is 0 Å². The van der Waals surface area contributed by atoms with Crippen molar-refractivity contribution in [2.24, 2.45) is 17.3 Å². The zero-order valence-corrected chi connectivity index (χ0v) is 23.8. The number of rotatable bonds is 4. The van der Waals surface area contributed by atoms with Crippen LogP contribution in [0.15, 0.2) is 11.0 Å². The highest BCUT2D eigenvalue weighted by molar-refractivity contribution is 7.09. The number of Topliss-reactive ketones (excluding diaryl/α,β-unsaturated/α-hetero) is 1. The molecular formula is C28H44N2O6S. The molecule has 0 amide bonds. The molecular weight excluding hydrogens is 492 g/mol. The molecule has 9 heteroatoms. The molecule has 2 saturated heterocycles. The van der Waals surface area contributed by atoms with Gasteiger partial charge in [0.1, 0.15) is 11.9 Å². The first kappa shape index (κ1) is 29.9. The van der Waals surface area contributed by atoms with E-state index < -0.39 is 35.6 Å². The molecule has 8 nitrogen and oxygen atoms in total. The van der Waals surface area contributed by atoms with Crippen LogP contribution < -0.4 is 0 Å². The monoisotopic (exact) mass is 536 g/mol. The third kappa shape index (κ3) is 7.26. The molecule has 0 aromatic carbocycles. The van der Waals surface area contributed by atoms with Crippen LogP contribution >= 0.6 is 11.3 Å². The Labute approximate surface area is 224 Å². The quantitative estimate of drug-likeness (QED) is 0.396. The van der Waals surface area contributed by atoms with Crippen LogP contribution in [0.1, 0.15) is 77.4 Å². The summed E-state index contributed by atoms with van der Waals surface area (Å²) in [6.45, 7) is 11.4. The summed E-state index contributed by atoms with van der Waals surface area (Å²) >= 11 is 1.55. The van der Waals surface area contributed by atoms with Crippen molar-refractivity contribution in [3.05, 3.63) is 21.7 Å². The van der Waals surface area contributed by atoms with E-state index in [1.165, 1.54) is 0 Å². The second kappa shape index (κ2) is 12.5. The number of aliphatic hydroxyl groups excluding tert-OH is 3. The lowest BCUT2D eigenvalue weighted by Crippen LogP contribution is -2.45. The molecule has 3 rings (SSSR count). The van der Waals surface area contributed by atoms with E-state index in [0.717, 1.165) is 35.5 Å². The summed E-state index contributed by atoms with van der Waals surface area (Å²) in [6, 6.07) is 0.434. The fourth-order valence-corrected chi connectivity index (χ4v) is 6.22. The largest absolute Gasteiger partial charge is 0.458 e. The van der Waals surface area contributed by atoms with E-state index in [9.17, 15) is 24.9 Å². The number of cyclic esters (lactones) is 1. The average Bonchev–Trinajstić information content (AvgIpc) is 3.29. The molecule has 2 fully saturated rings. The van der Waals surface area contributed by atoms with E-state index in [2.05, 4.69) is 9.88 Å². The number of ether oxygens (including phenoxy) is 1. The van der Waals surface area contributed by atoms with Gasteiger partial charge in [-0.05, 0) is 44.3 Å². The van der Waals surface area contributed by atoms with E-state index >= 15 is 0 Å². The van der Waals surface area contributed by atoms with Crippen LogP contribution in [0.2, 0.25) is 0 Å². The predicted molar refractivity (Wildman–Crippen MR) is 144 cm³/mol. The highest BCUT2D eigenvalue weighted by atomic mass is 32.1. The molecule has 2 aliphatic heterocycles. The van der Waals surface area contributed by atoms with Gasteiger partial charge in [0.05, 0.1) is 41.4 Å². The molecule has 208 valence electrons. The van der Waals surface area contributed by atoms with E-state index in [1.807, 2.05) is 32.2 Å². The lowest BCUT2D eigenvalue weighted by molar-refractivity contribution is -0.154. The van der Waals surface area contributed by atoms with Crippen molar-refractivity contribution in [3.63, 3.8) is 0 Å². The third-order valence-corrected chi connectivity index (χ3v) is 9.10. The van der Waals surface area contributed by atoms with Gasteiger partial charge in [0.25, 0.3) is 0 Å². The van der Waals surface area contributed by atoms with Gasteiger partial charge in [0, 0.05) is 36.3 Å². The maximum absolute atomic E-state index is 13.3. The Morgan fingerprint density at radius 3 is 2.57 bits per heavy atom. The molecule has 3 N–H and O–H groups in total. The standard InChI is InChI=1S/C28H44N2O6S/c1-16-8-7-9-21-22(30(21)10-11-31)13-23(17(2)12-20-15-37-19(4)29-20)36-25(33)14-24(32)28(5,6)27(35)18(3)26(16)34/h12,15-16,18,21-24,26,31-32,34H,7-11,13-14H2,1-6H3/t16?,18-,21-,22+,23?,24+,26+,30?/m1/s1. The number of hydrogen-bond acceptors (Lipinski definition) is 9. The van der Waals surface area contributed by atoms with Crippen LogP contribution in [0.3, 0.4) is 0 Å². The maximum Gasteiger partial charge on any atom is 0.309 e. The number of esters is 1. The Kier molecular flexibility index (Phi) is 10.1. The summed E-state index contributed by atoms with van der Waals surface area (Å²) < 4.78 is 5.94. The number of ketones is 1. The number of thiazole rings is 1. The number of hydrogen-bond donors (Lipinski definition) is 3. The smallest absolute Gasteiger partial charge is 0.309 e. The van der Waals surface area contributed by atoms with Crippen molar-refractivity contribution < 1.29 is 29.6 Å². The number of carbonyl (C=O) groups is 2. The predicted octanol–water partition coefficient (Wildman–Crippen LogP) is 3.37. The Balaban J connectivity index is 1.88. The molecule has 0 saturated carbocycles. The SMILES string of the molecule is CC(=Cc1csc(C)n1)C1C[C@H]2[C@@H](CCCC(C)[C@H](O)[C@@H](C)C(=O)C(C)(C)[C@@H](O)CC(=O)O1)N2CCO. The molecule has 0 radical (unpaired) electrons. The van der Waals surface area contributed by atoms with Gasteiger partial charge in [-0.25, -0.2) is 4.98 Å². The average molecular weight is 537 g/mol. The van der Waals surface area contributed by atoms with Crippen molar-refractivity contribution in [2.75, 3.05) is 13.2 Å². The molecule has 0 aliphatic carbocycles. The molecule has 1 aromatic heterocycles. The van der Waals surface area contributed by atoms with Gasteiger partial charge < -0.3 is 20.1 Å². The number of aromatic nitrogens is 1. The van der Waals surface area contributed by atoms with Gasteiger partial charge in [-0.3, -0.25) is 14.5 Å². The zero-order chi connectivity index (χ0) is 27.5. The first-order valence-electron chi connectivity index (χ1n) is 13.4. The lowest BCUT2D eigenvalue weighted by Gasteiger charge is -2.34. The topological polar surface area (TPSA) is 120 Å². The second-order valence-electron chi connectivity index (χ2n) is 11.5. The van der Waals surface area contributed by atoms with Crippen LogP contribution in [0, 0.1) is 24.2 Å². The van der Waals surface area contributed by atoms with Gasteiger partial charge in [-0.1, -0.05) is 34.1 Å². The van der Waals surface area contributed by atoms with Gasteiger partial charge in [-0.15, -0.1) is 11.3 Å². The van der Waals surface area contributed by atoms with Crippen molar-refractivity contribution >= 4 is 29.2 Å². The summed E-state index contributed by atoms with van der Waals surface area (Å²) in [7, 11) is 0. The molecule has 1 aromatic rings. The minimum Gasteiger partial charge on any atom is -0.458 e. The maximum atomic E-state index is 13.3. The first-order valence-corrected chi connectivity index (χ1v) is 14.3. The molecule has 2 aliphatic rings. The Morgan fingerprint density at radius 1 is 1.24 bits per heavy atom. The summed E-state index contributed by atoms with van der Waals surface area (Å²) in [5.41, 5.74) is 0.467. The Morgan fingerprint density at radius 2 is 1.95 bits per heavy atom. The third-order valence-electron chi connectivity index (χ3n) is 8.31. The van der Waals surface area contributed by atoms with Crippen molar-refractivity contribution in [1.29, 1.82) is 0 Å². The minimum atomic E-state index is -1.24. The summed E-state index contributed by atoms with van der Waals surface area (Å²) in [5, 5.41) is 34.3. The van der Waals surface area contributed by atoms with Gasteiger partial charge in [0.2, 0.25) is 0 Å². The number of carbonyl (C=O) groups excluding carboxylic acids is 2. The number of aryl methyl sites for hydroxylation is 1. The summed E-state index contributed by atoms with van der Waals surface area (Å²) in [6.07, 6.45) is 2.19. The van der Waals surface area contributed by atoms with Crippen molar-refractivity contribution in [2.45, 2.75) is 104 Å². The summed E-state index contributed by atoms with van der Waals surface area (Å²) in [5.74, 6) is -1.57. The normalized spacial score (nSPS) is 36.1. The molecule has 0 bridgehead atoms. The van der Waals surface area contributed by atoms with E-state index in [4.69, 9.17) is 4.74 Å². The number of fused-ring (bicyclic) bond motifs is 1. The van der Waals surface area contributed by atoms with Crippen LogP contribution in [0.5, 0.6) is 0 Å². The Bertz CT molecular complexity index is 976. The van der Waals surface area contributed by atoms with E-state index in [-0.39, 0.29) is 36.8 Å². The van der Waals surface area contributed by atoms with Crippen LogP contribution in [-0.2, 0) is 14.3 Å². The molecule has 8 atom stereocenters. The fourth-order valence-electron chi connectivity index (χ4n) is 5.65. The van der Waals surface area contributed by atoms with Crippen LogP contribution in [0.4, 0.5) is 0 Å². The second-order valence-corrected chi connectivity index (χ2v) is 12.5. The van der Waals surface area contributed by atoms with Gasteiger partial charge >= 0.3 is 5.97 Å². The first-order chi connectivity index (χ1) is 17.4. The molecule has 0 spiro atoms. The number of nitrogens with zero attached hydrogens (tertiary/aromatic N) is 2.